The number of rotatable bonds is 6. The molecule has 0 aliphatic carbocycles. The van der Waals surface area contributed by atoms with E-state index < -0.39 is 10.0 Å². The topological polar surface area (TPSA) is 61.4 Å². The zero-order chi connectivity index (χ0) is 15.5. The first kappa shape index (κ1) is 16.7. The van der Waals surface area contributed by atoms with Crippen LogP contribution in [0.5, 0.6) is 0 Å². The van der Waals surface area contributed by atoms with Crippen molar-refractivity contribution in [3.63, 3.8) is 0 Å². The second-order valence-electron chi connectivity index (χ2n) is 5.41. The first-order valence-electron chi connectivity index (χ1n) is 7.07. The zero-order valence-corrected chi connectivity index (χ0v) is 14.0. The summed E-state index contributed by atoms with van der Waals surface area (Å²) in [6.07, 6.45) is 2.15. The molecule has 1 aromatic carbocycles. The molecule has 118 valence electrons. The molecule has 0 bridgehead atoms. The molecule has 0 saturated carbocycles. The van der Waals surface area contributed by atoms with E-state index in [1.165, 1.54) is 6.07 Å². The maximum absolute atomic E-state index is 12.3. The van der Waals surface area contributed by atoms with Crippen molar-refractivity contribution < 1.29 is 8.42 Å². The normalized spacial score (nSPS) is 20.0. The van der Waals surface area contributed by atoms with E-state index in [0.717, 1.165) is 24.9 Å². The number of hydrogen-bond donors (Lipinski definition) is 2. The van der Waals surface area contributed by atoms with E-state index in [1.54, 1.807) is 12.1 Å². The van der Waals surface area contributed by atoms with Crippen LogP contribution in [0.4, 0.5) is 0 Å². The fraction of sp³-hybridized carbons (Fsp3) is 0.571. The second-order valence-corrected chi connectivity index (χ2v) is 7.59. The average Bonchev–Trinajstić information content (AvgIpc) is 2.84. The van der Waals surface area contributed by atoms with Crippen LogP contribution in [0.1, 0.15) is 18.4 Å². The average molecular weight is 332 g/mol. The number of halogens is 1. The summed E-state index contributed by atoms with van der Waals surface area (Å²) in [6.45, 7) is 2.07. The standard InChI is InChI=1S/C14H22ClN3O2S/c1-16-9-11-5-6-13(8-14(11)15)21(19,20)17-10-12-4-3-7-18(12)2/h5-6,8,12,16-17H,3-4,7,9-10H2,1-2H3. The third kappa shape index (κ3) is 4.17. The molecule has 0 radical (unpaired) electrons. The largest absolute Gasteiger partial charge is 0.316 e. The van der Waals surface area contributed by atoms with E-state index in [9.17, 15) is 8.42 Å². The van der Waals surface area contributed by atoms with Gasteiger partial charge in [0.1, 0.15) is 0 Å². The van der Waals surface area contributed by atoms with Gasteiger partial charge in [-0.15, -0.1) is 0 Å². The third-order valence-electron chi connectivity index (χ3n) is 3.88. The summed E-state index contributed by atoms with van der Waals surface area (Å²) < 4.78 is 27.3. The first-order valence-corrected chi connectivity index (χ1v) is 8.93. The highest BCUT2D eigenvalue weighted by atomic mass is 35.5. The highest BCUT2D eigenvalue weighted by Crippen LogP contribution is 2.21. The molecular formula is C14H22ClN3O2S. The molecule has 0 aromatic heterocycles. The van der Waals surface area contributed by atoms with Crippen molar-refractivity contribution in [3.05, 3.63) is 28.8 Å². The van der Waals surface area contributed by atoms with Crippen molar-refractivity contribution in [3.8, 4) is 0 Å². The smallest absolute Gasteiger partial charge is 0.240 e. The van der Waals surface area contributed by atoms with Gasteiger partial charge in [-0.1, -0.05) is 17.7 Å². The lowest BCUT2D eigenvalue weighted by molar-refractivity contribution is 0.311. The Morgan fingerprint density at radius 2 is 2.19 bits per heavy atom. The first-order chi connectivity index (χ1) is 9.94. The van der Waals surface area contributed by atoms with Gasteiger partial charge in [0.05, 0.1) is 4.90 Å². The minimum Gasteiger partial charge on any atom is -0.316 e. The lowest BCUT2D eigenvalue weighted by Gasteiger charge is -2.19. The van der Waals surface area contributed by atoms with Crippen LogP contribution in [0.2, 0.25) is 5.02 Å². The monoisotopic (exact) mass is 331 g/mol. The van der Waals surface area contributed by atoms with E-state index in [1.807, 2.05) is 14.1 Å². The van der Waals surface area contributed by atoms with Crippen LogP contribution in [0.15, 0.2) is 23.1 Å². The number of benzene rings is 1. The van der Waals surface area contributed by atoms with Gasteiger partial charge in [0, 0.05) is 24.2 Å². The Morgan fingerprint density at radius 1 is 1.43 bits per heavy atom. The van der Waals surface area contributed by atoms with Crippen molar-refractivity contribution in [2.45, 2.75) is 30.3 Å². The van der Waals surface area contributed by atoms with E-state index >= 15 is 0 Å². The Hall–Kier alpha value is -0.660. The summed E-state index contributed by atoms with van der Waals surface area (Å²) in [5.41, 5.74) is 0.883. The lowest BCUT2D eigenvalue weighted by atomic mass is 10.2. The van der Waals surface area contributed by atoms with Crippen LogP contribution < -0.4 is 10.0 Å². The molecule has 5 nitrogen and oxygen atoms in total. The van der Waals surface area contributed by atoms with Gasteiger partial charge in [-0.2, -0.15) is 0 Å². The summed E-state index contributed by atoms with van der Waals surface area (Å²) in [4.78, 5) is 2.40. The maximum Gasteiger partial charge on any atom is 0.240 e. The van der Waals surface area contributed by atoms with Crippen molar-refractivity contribution in [1.82, 2.24) is 14.9 Å². The Morgan fingerprint density at radius 3 is 2.76 bits per heavy atom. The molecule has 1 atom stereocenters. The highest BCUT2D eigenvalue weighted by molar-refractivity contribution is 7.89. The molecule has 2 rings (SSSR count). The van der Waals surface area contributed by atoms with Crippen molar-refractivity contribution in [1.29, 1.82) is 0 Å². The van der Waals surface area contributed by atoms with Gasteiger partial charge < -0.3 is 10.2 Å². The lowest BCUT2D eigenvalue weighted by Crippen LogP contribution is -2.38. The van der Waals surface area contributed by atoms with Gasteiger partial charge in [0.15, 0.2) is 0 Å². The van der Waals surface area contributed by atoms with Crippen LogP contribution in [-0.4, -0.2) is 46.5 Å². The van der Waals surface area contributed by atoms with Gasteiger partial charge in [-0.3, -0.25) is 0 Å². The molecule has 1 fully saturated rings. The minimum atomic E-state index is -3.51. The molecule has 1 aromatic rings. The van der Waals surface area contributed by atoms with Crippen LogP contribution in [-0.2, 0) is 16.6 Å². The Labute approximate surface area is 131 Å². The molecule has 1 heterocycles. The fourth-order valence-electron chi connectivity index (χ4n) is 2.56. The quantitative estimate of drug-likeness (QED) is 0.828. The predicted molar refractivity (Wildman–Crippen MR) is 85.1 cm³/mol. The summed E-state index contributed by atoms with van der Waals surface area (Å²) in [6, 6.07) is 5.13. The third-order valence-corrected chi connectivity index (χ3v) is 5.66. The van der Waals surface area contributed by atoms with Gasteiger partial charge in [0.2, 0.25) is 10.0 Å². The molecule has 2 N–H and O–H groups in total. The van der Waals surface area contributed by atoms with E-state index in [-0.39, 0.29) is 10.9 Å². The van der Waals surface area contributed by atoms with Gasteiger partial charge in [-0.25, -0.2) is 13.1 Å². The van der Waals surface area contributed by atoms with Crippen LogP contribution in [0.3, 0.4) is 0 Å². The Kier molecular flexibility index (Phi) is 5.62. The number of hydrogen-bond acceptors (Lipinski definition) is 4. The summed E-state index contributed by atoms with van der Waals surface area (Å²) >= 11 is 6.12. The number of nitrogens with zero attached hydrogens (tertiary/aromatic N) is 1. The SMILES string of the molecule is CNCc1ccc(S(=O)(=O)NCC2CCCN2C)cc1Cl. The molecule has 0 spiro atoms. The van der Waals surface area contributed by atoms with Crippen LogP contribution in [0.25, 0.3) is 0 Å². The number of likely N-dealkylation sites (N-methyl/N-ethyl adjacent to an activating group) is 1. The van der Waals surface area contributed by atoms with Crippen molar-refractivity contribution >= 4 is 21.6 Å². The van der Waals surface area contributed by atoms with Crippen LogP contribution in [0, 0.1) is 0 Å². The van der Waals surface area contributed by atoms with Crippen LogP contribution >= 0.6 is 11.6 Å². The summed E-state index contributed by atoms with van der Waals surface area (Å²) in [7, 11) is 0.336. The van der Waals surface area contributed by atoms with Gasteiger partial charge in [0.25, 0.3) is 0 Å². The Balaban J connectivity index is 2.06. The molecule has 1 saturated heterocycles. The molecular weight excluding hydrogens is 310 g/mol. The molecule has 1 aliphatic heterocycles. The second kappa shape index (κ2) is 7.07. The number of likely N-dealkylation sites (tertiary alicyclic amines) is 1. The van der Waals surface area contributed by atoms with Crippen molar-refractivity contribution in [2.75, 3.05) is 27.2 Å². The zero-order valence-electron chi connectivity index (χ0n) is 12.4. The number of sulfonamides is 1. The highest BCUT2D eigenvalue weighted by Gasteiger charge is 2.23. The fourth-order valence-corrected chi connectivity index (χ4v) is 3.97. The summed E-state index contributed by atoms with van der Waals surface area (Å²) in [5, 5.41) is 3.46. The predicted octanol–water partition coefficient (Wildman–Crippen LogP) is 1.43. The number of nitrogens with one attached hydrogen (secondary N) is 2. The Bertz CT molecular complexity index is 592. The van der Waals surface area contributed by atoms with Gasteiger partial charge >= 0.3 is 0 Å². The van der Waals surface area contributed by atoms with E-state index in [4.69, 9.17) is 11.6 Å². The minimum absolute atomic E-state index is 0.216. The maximum atomic E-state index is 12.3. The summed E-state index contributed by atoms with van der Waals surface area (Å²) in [5.74, 6) is 0. The molecule has 1 aliphatic rings. The molecule has 1 unspecified atom stereocenters. The van der Waals surface area contributed by atoms with Crippen molar-refractivity contribution in [2.24, 2.45) is 0 Å². The molecule has 0 amide bonds. The van der Waals surface area contributed by atoms with E-state index in [2.05, 4.69) is 14.9 Å². The van der Waals surface area contributed by atoms with Gasteiger partial charge in [-0.05, 0) is 51.2 Å². The van der Waals surface area contributed by atoms with E-state index in [0.29, 0.717) is 18.1 Å². The molecule has 21 heavy (non-hydrogen) atoms. The molecule has 7 heteroatoms.